The summed E-state index contributed by atoms with van der Waals surface area (Å²) in [5.41, 5.74) is 2.66. The third-order valence-electron chi connectivity index (χ3n) is 3.05. The van der Waals surface area contributed by atoms with E-state index in [0.29, 0.717) is 6.04 Å². The lowest BCUT2D eigenvalue weighted by molar-refractivity contribution is 0.656. The smallest absolute Gasteiger partial charge is 0.0967 e. The van der Waals surface area contributed by atoms with Crippen LogP contribution in [-0.4, -0.2) is 12.4 Å². The van der Waals surface area contributed by atoms with Gasteiger partial charge in [-0.1, -0.05) is 29.8 Å². The third kappa shape index (κ3) is 2.84. The van der Waals surface area contributed by atoms with Gasteiger partial charge in [0, 0.05) is 19.0 Å². The average Bonchev–Trinajstić information content (AvgIpc) is 2.30. The van der Waals surface area contributed by atoms with Crippen LogP contribution < -0.4 is 5.32 Å². The molecule has 2 nitrogen and oxygen atoms in total. The molecule has 0 aromatic heterocycles. The fourth-order valence-electron chi connectivity index (χ4n) is 2.09. The van der Waals surface area contributed by atoms with Gasteiger partial charge in [-0.2, -0.15) is 0 Å². The van der Waals surface area contributed by atoms with Gasteiger partial charge in [-0.25, -0.2) is 0 Å². The summed E-state index contributed by atoms with van der Waals surface area (Å²) in [6, 6.07) is 9.02. The first kappa shape index (κ1) is 11.2. The highest BCUT2D eigenvalue weighted by Crippen LogP contribution is 2.15. The summed E-state index contributed by atoms with van der Waals surface area (Å²) in [4.78, 5) is 4.52. The van der Waals surface area contributed by atoms with E-state index in [9.17, 15) is 0 Å². The van der Waals surface area contributed by atoms with Crippen LogP contribution >= 0.6 is 0 Å². The molecule has 1 N–H and O–H groups in total. The van der Waals surface area contributed by atoms with E-state index in [2.05, 4.69) is 48.4 Å². The molecule has 1 aromatic carbocycles. The number of benzene rings is 1. The maximum absolute atomic E-state index is 4.52. The zero-order valence-corrected chi connectivity index (χ0v) is 10.2. The van der Waals surface area contributed by atoms with Gasteiger partial charge in [-0.05, 0) is 32.3 Å². The molecule has 1 aliphatic heterocycles. The lowest BCUT2D eigenvalue weighted by atomic mass is 10.1. The Labute approximate surface area is 97.8 Å². The highest BCUT2D eigenvalue weighted by atomic mass is 15.0. The second-order valence-electron chi connectivity index (χ2n) is 4.57. The van der Waals surface area contributed by atoms with Crippen molar-refractivity contribution in [1.29, 1.82) is 0 Å². The second-order valence-corrected chi connectivity index (χ2v) is 4.57. The maximum atomic E-state index is 4.52. The third-order valence-corrected chi connectivity index (χ3v) is 3.05. The molecule has 0 aliphatic carbocycles. The van der Waals surface area contributed by atoms with Crippen molar-refractivity contribution in [2.45, 2.75) is 39.2 Å². The van der Waals surface area contributed by atoms with Crippen molar-refractivity contribution in [1.82, 2.24) is 5.32 Å². The predicted octanol–water partition coefficient (Wildman–Crippen LogP) is 3.23. The van der Waals surface area contributed by atoms with Crippen LogP contribution in [0.25, 0.3) is 0 Å². The van der Waals surface area contributed by atoms with Crippen LogP contribution in [0.2, 0.25) is 0 Å². The Hall–Kier alpha value is -1.31. The minimum absolute atomic E-state index is 0.358. The summed E-state index contributed by atoms with van der Waals surface area (Å²) in [6.45, 7) is 5.32. The van der Waals surface area contributed by atoms with E-state index in [4.69, 9.17) is 0 Å². The predicted molar refractivity (Wildman–Crippen MR) is 68.9 cm³/mol. The quantitative estimate of drug-likeness (QED) is 0.806. The van der Waals surface area contributed by atoms with Crippen LogP contribution in [-0.2, 0) is 0 Å². The Morgan fingerprint density at radius 1 is 1.31 bits per heavy atom. The summed E-state index contributed by atoms with van der Waals surface area (Å²) < 4.78 is 0. The number of hydrogen-bond acceptors (Lipinski definition) is 2. The zero-order valence-electron chi connectivity index (χ0n) is 10.2. The fraction of sp³-hybridized carbons (Fsp3) is 0.500. The van der Waals surface area contributed by atoms with Gasteiger partial charge in [0.05, 0.1) is 5.84 Å². The summed E-state index contributed by atoms with van der Waals surface area (Å²) in [5.74, 6) is 1.18. The van der Waals surface area contributed by atoms with Crippen molar-refractivity contribution < 1.29 is 0 Å². The number of nitrogens with one attached hydrogen (secondary N) is 1. The number of rotatable bonds is 2. The topological polar surface area (TPSA) is 24.4 Å². The molecule has 0 bridgehead atoms. The summed E-state index contributed by atoms with van der Waals surface area (Å²) >= 11 is 0. The van der Waals surface area contributed by atoms with Crippen LogP contribution in [0.4, 0.5) is 0 Å². The Morgan fingerprint density at radius 3 is 2.88 bits per heavy atom. The molecule has 86 valence electrons. The molecule has 1 aliphatic rings. The second kappa shape index (κ2) is 5.15. The molecule has 0 amide bonds. The highest BCUT2D eigenvalue weighted by Gasteiger charge is 2.10. The molecular formula is C14H20N2. The van der Waals surface area contributed by atoms with Gasteiger partial charge < -0.3 is 5.32 Å². The van der Waals surface area contributed by atoms with Crippen LogP contribution in [0, 0.1) is 6.92 Å². The summed E-state index contributed by atoms with van der Waals surface area (Å²) in [6.07, 6.45) is 3.62. The number of amidine groups is 1. The molecule has 0 radical (unpaired) electrons. The minimum atomic E-state index is 0.358. The molecule has 0 saturated carbocycles. The van der Waals surface area contributed by atoms with E-state index in [0.717, 1.165) is 13.0 Å². The molecule has 16 heavy (non-hydrogen) atoms. The van der Waals surface area contributed by atoms with Crippen molar-refractivity contribution in [3.8, 4) is 0 Å². The Bertz CT molecular complexity index is 382. The number of aliphatic imine (C=N–C) groups is 1. The minimum Gasteiger partial charge on any atom is -0.367 e. The van der Waals surface area contributed by atoms with Gasteiger partial charge in [-0.15, -0.1) is 0 Å². The van der Waals surface area contributed by atoms with E-state index < -0.39 is 0 Å². The Balaban J connectivity index is 2.02. The van der Waals surface area contributed by atoms with Gasteiger partial charge in [0.1, 0.15) is 0 Å². The molecule has 1 heterocycles. The Kier molecular flexibility index (Phi) is 3.60. The van der Waals surface area contributed by atoms with Gasteiger partial charge >= 0.3 is 0 Å². The van der Waals surface area contributed by atoms with E-state index in [-0.39, 0.29) is 0 Å². The van der Waals surface area contributed by atoms with Crippen molar-refractivity contribution in [2.75, 3.05) is 6.54 Å². The molecule has 0 saturated heterocycles. The molecular weight excluding hydrogens is 196 g/mol. The first-order chi connectivity index (χ1) is 7.75. The lowest BCUT2D eigenvalue weighted by Gasteiger charge is -2.20. The van der Waals surface area contributed by atoms with Gasteiger partial charge in [-0.3, -0.25) is 4.99 Å². The highest BCUT2D eigenvalue weighted by molar-refractivity contribution is 5.83. The van der Waals surface area contributed by atoms with E-state index in [1.165, 1.54) is 29.8 Å². The van der Waals surface area contributed by atoms with Gasteiger partial charge in [0.2, 0.25) is 0 Å². The first-order valence-electron chi connectivity index (χ1n) is 6.12. The van der Waals surface area contributed by atoms with Crippen LogP contribution in [0.5, 0.6) is 0 Å². The SMILES string of the molecule is Cc1cccc([C@@H](C)NC2=NCCCC2)c1. The molecule has 0 spiro atoms. The zero-order chi connectivity index (χ0) is 11.4. The van der Waals surface area contributed by atoms with Crippen LogP contribution in [0.3, 0.4) is 0 Å². The van der Waals surface area contributed by atoms with E-state index in [1.807, 2.05) is 0 Å². The summed E-state index contributed by atoms with van der Waals surface area (Å²) in [7, 11) is 0. The van der Waals surface area contributed by atoms with Crippen molar-refractivity contribution in [3.63, 3.8) is 0 Å². The molecule has 2 heteroatoms. The van der Waals surface area contributed by atoms with Crippen LogP contribution in [0.1, 0.15) is 43.4 Å². The molecule has 2 rings (SSSR count). The van der Waals surface area contributed by atoms with Gasteiger partial charge in [0.25, 0.3) is 0 Å². The van der Waals surface area contributed by atoms with Crippen molar-refractivity contribution in [2.24, 2.45) is 4.99 Å². The fourth-order valence-corrected chi connectivity index (χ4v) is 2.09. The first-order valence-corrected chi connectivity index (χ1v) is 6.12. The van der Waals surface area contributed by atoms with Crippen molar-refractivity contribution in [3.05, 3.63) is 35.4 Å². The van der Waals surface area contributed by atoms with Crippen molar-refractivity contribution >= 4 is 5.84 Å². The normalized spacial score (nSPS) is 17.8. The monoisotopic (exact) mass is 216 g/mol. The molecule has 0 fully saturated rings. The maximum Gasteiger partial charge on any atom is 0.0967 e. The molecule has 0 unspecified atom stereocenters. The van der Waals surface area contributed by atoms with E-state index in [1.54, 1.807) is 0 Å². The number of nitrogens with zero attached hydrogens (tertiary/aromatic N) is 1. The van der Waals surface area contributed by atoms with Gasteiger partial charge in [0.15, 0.2) is 0 Å². The average molecular weight is 216 g/mol. The summed E-state index contributed by atoms with van der Waals surface area (Å²) in [5, 5.41) is 3.51. The molecule has 1 aromatic rings. The van der Waals surface area contributed by atoms with Crippen LogP contribution in [0.15, 0.2) is 29.3 Å². The van der Waals surface area contributed by atoms with E-state index >= 15 is 0 Å². The molecule has 1 atom stereocenters. The number of aryl methyl sites for hydroxylation is 1. The largest absolute Gasteiger partial charge is 0.367 e. The lowest BCUT2D eigenvalue weighted by Crippen LogP contribution is -2.28. The number of hydrogen-bond donors (Lipinski definition) is 1. The Morgan fingerprint density at radius 2 is 2.19 bits per heavy atom. The standard InChI is InChI=1S/C14H20N2/c1-11-6-5-7-13(10-11)12(2)16-14-8-3-4-9-15-14/h5-7,10,12H,3-4,8-9H2,1-2H3,(H,15,16)/t12-/m1/s1.